The largest absolute Gasteiger partial charge is 0.445 e. The van der Waals surface area contributed by atoms with Gasteiger partial charge in [-0.1, -0.05) is 60.7 Å². The lowest BCUT2D eigenvalue weighted by atomic mass is 10.1. The number of aliphatic hydroxyl groups is 2. The lowest BCUT2D eigenvalue weighted by molar-refractivity contribution is 0.0474. The molecule has 4 amide bonds. The fourth-order valence-electron chi connectivity index (χ4n) is 5.28. The molecule has 276 valence electrons. The second-order valence-corrected chi connectivity index (χ2v) is 14.3. The van der Waals surface area contributed by atoms with E-state index >= 15 is 0 Å². The van der Waals surface area contributed by atoms with Crippen molar-refractivity contribution in [2.45, 2.75) is 78.0 Å². The summed E-state index contributed by atoms with van der Waals surface area (Å²) >= 11 is 0. The van der Waals surface area contributed by atoms with Gasteiger partial charge in [0.25, 0.3) is 0 Å². The minimum absolute atomic E-state index is 0.136. The number of alkyl carbamates (subject to hydrolysis) is 2. The van der Waals surface area contributed by atoms with E-state index in [1.807, 2.05) is 60.7 Å². The van der Waals surface area contributed by atoms with Gasteiger partial charge in [0.05, 0.1) is 12.1 Å². The van der Waals surface area contributed by atoms with Crippen LogP contribution in [-0.2, 0) is 32.2 Å². The zero-order valence-electron chi connectivity index (χ0n) is 29.8. The van der Waals surface area contributed by atoms with Crippen molar-refractivity contribution in [2.24, 2.45) is 11.8 Å². The van der Waals surface area contributed by atoms with Crippen LogP contribution in [-0.4, -0.2) is 107 Å². The van der Waals surface area contributed by atoms with Crippen LogP contribution < -0.4 is 10.6 Å². The predicted octanol–water partition coefficient (Wildman–Crippen LogP) is 4.28. The second kappa shape index (κ2) is 18.4. The van der Waals surface area contributed by atoms with E-state index in [0.29, 0.717) is 13.1 Å². The Labute approximate surface area is 294 Å². The fraction of sp³-hybridized carbons (Fsp3) is 0.556. The highest BCUT2D eigenvalue weighted by molar-refractivity contribution is 5.71. The van der Waals surface area contributed by atoms with Crippen LogP contribution in [0.25, 0.3) is 0 Å². The maximum absolute atomic E-state index is 12.2. The SMILES string of the molecule is CC(C)(C)OC(=O)N[C@@H]1CN(C(=O)OCc2ccccc2)C[C@@H]1CO.CC(C)(C)OC(=O)N[C@H]1CN(C(=O)OCc2ccccc2)C[C@H]1CO. The highest BCUT2D eigenvalue weighted by Gasteiger charge is 2.38. The molecule has 0 radical (unpaired) electrons. The molecule has 4 atom stereocenters. The van der Waals surface area contributed by atoms with Crippen LogP contribution in [0, 0.1) is 11.8 Å². The standard InChI is InChI=1S/2C18H26N2O5/c2*1-18(2,3)25-16(22)19-15-10-20(9-14(15)11-21)17(23)24-12-13-7-5-4-6-8-13/h2*4-8,14-15,21H,9-12H2,1-3H3,(H,19,22)/t2*14-,15-/m10/s1. The van der Waals surface area contributed by atoms with E-state index in [1.54, 1.807) is 41.5 Å². The molecule has 0 spiro atoms. The molecule has 14 nitrogen and oxygen atoms in total. The molecule has 2 aliphatic rings. The van der Waals surface area contributed by atoms with E-state index < -0.39 is 35.6 Å². The van der Waals surface area contributed by atoms with Crippen molar-refractivity contribution in [3.63, 3.8) is 0 Å². The van der Waals surface area contributed by atoms with Gasteiger partial charge in [0.15, 0.2) is 0 Å². The van der Waals surface area contributed by atoms with Crippen molar-refractivity contribution in [3.05, 3.63) is 71.8 Å². The van der Waals surface area contributed by atoms with Crippen LogP contribution in [0.3, 0.4) is 0 Å². The lowest BCUT2D eigenvalue weighted by Crippen LogP contribution is -2.44. The first-order valence-electron chi connectivity index (χ1n) is 16.7. The van der Waals surface area contributed by atoms with Crippen molar-refractivity contribution in [1.82, 2.24) is 20.4 Å². The molecule has 2 aromatic carbocycles. The number of hydrogen-bond acceptors (Lipinski definition) is 10. The summed E-state index contributed by atoms with van der Waals surface area (Å²) in [6.45, 7) is 12.0. The number of benzene rings is 2. The van der Waals surface area contributed by atoms with Crippen LogP contribution in [0.15, 0.2) is 60.7 Å². The number of nitrogens with one attached hydrogen (secondary N) is 2. The minimum atomic E-state index is -0.605. The van der Waals surface area contributed by atoms with Gasteiger partial charge in [0, 0.05) is 51.2 Å². The number of amides is 4. The Hall–Kier alpha value is -4.56. The van der Waals surface area contributed by atoms with E-state index in [2.05, 4.69) is 10.6 Å². The van der Waals surface area contributed by atoms with Crippen molar-refractivity contribution in [3.8, 4) is 0 Å². The van der Waals surface area contributed by atoms with Gasteiger partial charge in [-0.25, -0.2) is 19.2 Å². The smallest absolute Gasteiger partial charge is 0.410 e. The third-order valence-corrected chi connectivity index (χ3v) is 7.68. The van der Waals surface area contributed by atoms with E-state index in [1.165, 1.54) is 9.80 Å². The van der Waals surface area contributed by atoms with Gasteiger partial charge in [0.1, 0.15) is 24.4 Å². The summed E-state index contributed by atoms with van der Waals surface area (Å²) in [4.78, 5) is 51.2. The van der Waals surface area contributed by atoms with Crippen LogP contribution >= 0.6 is 0 Å². The second-order valence-electron chi connectivity index (χ2n) is 14.3. The van der Waals surface area contributed by atoms with Crippen LogP contribution in [0.5, 0.6) is 0 Å². The topological polar surface area (TPSA) is 176 Å². The van der Waals surface area contributed by atoms with Crippen molar-refractivity contribution >= 4 is 24.4 Å². The van der Waals surface area contributed by atoms with E-state index in [0.717, 1.165) is 11.1 Å². The van der Waals surface area contributed by atoms with E-state index in [9.17, 15) is 29.4 Å². The third kappa shape index (κ3) is 13.7. The van der Waals surface area contributed by atoms with Crippen LogP contribution in [0.4, 0.5) is 19.2 Å². The monoisotopic (exact) mass is 700 g/mol. The van der Waals surface area contributed by atoms with Gasteiger partial charge < -0.3 is 49.6 Å². The summed E-state index contributed by atoms with van der Waals surface area (Å²) in [7, 11) is 0. The molecule has 2 aliphatic heterocycles. The number of hydrogen-bond donors (Lipinski definition) is 4. The first-order valence-corrected chi connectivity index (χ1v) is 16.7. The Balaban J connectivity index is 0.000000270. The normalized spacial score (nSPS) is 20.2. The summed E-state index contributed by atoms with van der Waals surface area (Å²) in [5.74, 6) is -0.506. The van der Waals surface area contributed by atoms with Crippen LogP contribution in [0.1, 0.15) is 52.7 Å². The van der Waals surface area contributed by atoms with Gasteiger partial charge in [-0.05, 0) is 52.7 Å². The molecule has 2 heterocycles. The quantitative estimate of drug-likeness (QED) is 0.291. The van der Waals surface area contributed by atoms with Gasteiger partial charge in [0.2, 0.25) is 0 Å². The molecule has 0 bridgehead atoms. The maximum atomic E-state index is 12.2. The molecular weight excluding hydrogens is 648 g/mol. The van der Waals surface area contributed by atoms with Gasteiger partial charge in [-0.2, -0.15) is 0 Å². The number of carbonyl (C=O) groups is 4. The molecule has 4 rings (SSSR count). The highest BCUT2D eigenvalue weighted by atomic mass is 16.6. The summed E-state index contributed by atoms with van der Waals surface area (Å²) < 4.78 is 21.1. The van der Waals surface area contributed by atoms with E-state index in [-0.39, 0.29) is 63.4 Å². The van der Waals surface area contributed by atoms with Crippen molar-refractivity contribution < 1.29 is 48.3 Å². The molecular formula is C36H52N4O10. The molecule has 2 aromatic rings. The van der Waals surface area contributed by atoms with Gasteiger partial charge >= 0.3 is 24.4 Å². The Morgan fingerprint density at radius 1 is 0.620 bits per heavy atom. The Morgan fingerprint density at radius 3 is 1.26 bits per heavy atom. The lowest BCUT2D eigenvalue weighted by Gasteiger charge is -2.23. The minimum Gasteiger partial charge on any atom is -0.445 e. The predicted molar refractivity (Wildman–Crippen MR) is 184 cm³/mol. The maximum Gasteiger partial charge on any atom is 0.410 e. The average Bonchev–Trinajstić information content (AvgIpc) is 3.65. The summed E-state index contributed by atoms with van der Waals surface area (Å²) in [6, 6.07) is 18.1. The number of aliphatic hydroxyl groups excluding tert-OH is 2. The van der Waals surface area contributed by atoms with Gasteiger partial charge in [-0.3, -0.25) is 0 Å². The molecule has 2 saturated heterocycles. The summed E-state index contributed by atoms with van der Waals surface area (Å²) in [5.41, 5.74) is 0.589. The third-order valence-electron chi connectivity index (χ3n) is 7.68. The Bertz CT molecular complexity index is 1280. The molecule has 50 heavy (non-hydrogen) atoms. The van der Waals surface area contributed by atoms with Crippen molar-refractivity contribution in [1.29, 1.82) is 0 Å². The van der Waals surface area contributed by atoms with E-state index in [4.69, 9.17) is 18.9 Å². The first kappa shape index (κ1) is 39.9. The number of ether oxygens (including phenoxy) is 4. The molecule has 0 saturated carbocycles. The number of likely N-dealkylation sites (tertiary alicyclic amines) is 2. The number of nitrogens with zero attached hydrogens (tertiary/aromatic N) is 2. The van der Waals surface area contributed by atoms with Crippen molar-refractivity contribution in [2.75, 3.05) is 39.4 Å². The number of carbonyl (C=O) groups excluding carboxylic acids is 4. The van der Waals surface area contributed by atoms with Gasteiger partial charge in [-0.15, -0.1) is 0 Å². The summed E-state index contributed by atoms with van der Waals surface area (Å²) in [5, 5.41) is 24.5. The summed E-state index contributed by atoms with van der Waals surface area (Å²) in [6.07, 6.45) is -2.04. The first-order chi connectivity index (χ1) is 23.6. The molecule has 0 aromatic heterocycles. The molecule has 0 aliphatic carbocycles. The molecule has 4 N–H and O–H groups in total. The zero-order chi connectivity index (χ0) is 36.9. The molecule has 0 unspecified atom stereocenters. The number of rotatable bonds is 8. The fourth-order valence-corrected chi connectivity index (χ4v) is 5.28. The molecule has 2 fully saturated rings. The Kier molecular flexibility index (Phi) is 14.7. The van der Waals surface area contributed by atoms with Crippen LogP contribution in [0.2, 0.25) is 0 Å². The highest BCUT2D eigenvalue weighted by Crippen LogP contribution is 2.21. The molecule has 14 heteroatoms. The Morgan fingerprint density at radius 2 is 0.960 bits per heavy atom. The zero-order valence-corrected chi connectivity index (χ0v) is 29.8. The average molecular weight is 701 g/mol.